The maximum Gasteiger partial charge on any atom is 0.276 e. The van der Waals surface area contributed by atoms with Crippen LogP contribution in [0.25, 0.3) is 10.8 Å². The first-order valence-electron chi connectivity index (χ1n) is 7.77. The maximum absolute atomic E-state index is 14.2. The molecule has 9 heteroatoms. The molecule has 3 aromatic rings. The Labute approximate surface area is 161 Å². The summed E-state index contributed by atoms with van der Waals surface area (Å²) in [6.45, 7) is 1.08. The fraction of sp³-hybridized carbons (Fsp3) is 0.235. The number of nitrogens with one attached hydrogen (secondary N) is 1. The van der Waals surface area contributed by atoms with Crippen molar-refractivity contribution in [2.75, 3.05) is 11.9 Å². The van der Waals surface area contributed by atoms with Crippen molar-refractivity contribution >= 4 is 44.7 Å². The number of aryl methyl sites for hydroxylation is 1. The van der Waals surface area contributed by atoms with Crippen molar-refractivity contribution in [1.29, 1.82) is 0 Å². The number of halogens is 2. The van der Waals surface area contributed by atoms with E-state index in [2.05, 4.69) is 15.4 Å². The summed E-state index contributed by atoms with van der Waals surface area (Å²) in [4.78, 5) is 16.9. The molecule has 3 rings (SSSR count). The van der Waals surface area contributed by atoms with Crippen molar-refractivity contribution in [1.82, 2.24) is 14.8 Å². The average Bonchev–Trinajstić information content (AvgIpc) is 2.61. The van der Waals surface area contributed by atoms with E-state index in [0.717, 1.165) is 8.25 Å². The highest BCUT2D eigenvalue weighted by Gasteiger charge is 2.15. The number of hydrogen-bond donors (Lipinski definition) is 3. The molecule has 0 radical (unpaired) electrons. The number of benzene rings is 1. The van der Waals surface area contributed by atoms with Crippen LogP contribution in [0.1, 0.15) is 5.69 Å². The van der Waals surface area contributed by atoms with E-state index < -0.39 is 24.1 Å². The second-order valence-electron chi connectivity index (χ2n) is 5.77. The van der Waals surface area contributed by atoms with Crippen LogP contribution in [0.15, 0.2) is 35.4 Å². The third-order valence-corrected chi connectivity index (χ3v) is 4.52. The topological polar surface area (TPSA) is 100 Å². The Bertz CT molecular complexity index is 1020. The molecule has 136 valence electrons. The van der Waals surface area contributed by atoms with E-state index in [1.54, 1.807) is 19.1 Å². The van der Waals surface area contributed by atoms with Gasteiger partial charge in [-0.15, -0.1) is 0 Å². The highest BCUT2D eigenvalue weighted by atomic mass is 127. The average molecular weight is 470 g/mol. The van der Waals surface area contributed by atoms with Crippen LogP contribution in [0.5, 0.6) is 0 Å². The fourth-order valence-corrected chi connectivity index (χ4v) is 3.04. The highest BCUT2D eigenvalue weighted by molar-refractivity contribution is 14.1. The Balaban J connectivity index is 2.15. The lowest BCUT2D eigenvalue weighted by Crippen LogP contribution is -2.31. The summed E-state index contributed by atoms with van der Waals surface area (Å²) in [5.41, 5.74) is 0.624. The van der Waals surface area contributed by atoms with Crippen molar-refractivity contribution in [3.63, 3.8) is 0 Å². The number of rotatable bonds is 5. The van der Waals surface area contributed by atoms with E-state index in [1.165, 1.54) is 18.5 Å². The zero-order chi connectivity index (χ0) is 18.8. The monoisotopic (exact) mass is 470 g/mol. The smallest absolute Gasteiger partial charge is 0.276 e. The Morgan fingerprint density at radius 3 is 2.81 bits per heavy atom. The second-order valence-corrected chi connectivity index (χ2v) is 7.01. The second kappa shape index (κ2) is 7.64. The maximum atomic E-state index is 14.2. The molecular weight excluding hydrogens is 454 g/mol. The van der Waals surface area contributed by atoms with Gasteiger partial charge in [0.2, 0.25) is 0 Å². The minimum absolute atomic E-state index is 0.147. The molecule has 0 aliphatic heterocycles. The van der Waals surface area contributed by atoms with Gasteiger partial charge in [0.1, 0.15) is 5.82 Å². The highest BCUT2D eigenvalue weighted by Crippen LogP contribution is 2.26. The molecule has 0 amide bonds. The minimum Gasteiger partial charge on any atom is -0.394 e. The summed E-state index contributed by atoms with van der Waals surface area (Å²) in [6, 6.07) is 4.70. The number of aromatic nitrogens is 3. The zero-order valence-electron chi connectivity index (χ0n) is 13.8. The minimum atomic E-state index is -1.11. The molecule has 3 N–H and O–H groups in total. The largest absolute Gasteiger partial charge is 0.394 e. The van der Waals surface area contributed by atoms with Gasteiger partial charge in [0, 0.05) is 15.2 Å². The summed E-state index contributed by atoms with van der Waals surface area (Å²) in [5, 5.41) is 26.5. The molecule has 2 aromatic heterocycles. The Morgan fingerprint density at radius 2 is 2.12 bits per heavy atom. The first-order valence-corrected chi connectivity index (χ1v) is 8.85. The zero-order valence-corrected chi connectivity index (χ0v) is 15.9. The molecule has 1 atom stereocenters. The lowest BCUT2D eigenvalue weighted by molar-refractivity contribution is 0.0770. The summed E-state index contributed by atoms with van der Waals surface area (Å²) >= 11 is 2.01. The van der Waals surface area contributed by atoms with Gasteiger partial charge < -0.3 is 15.5 Å². The van der Waals surface area contributed by atoms with Gasteiger partial charge >= 0.3 is 0 Å². The summed E-state index contributed by atoms with van der Waals surface area (Å²) < 4.78 is 16.0. The van der Waals surface area contributed by atoms with Gasteiger partial charge in [-0.2, -0.15) is 5.10 Å². The first kappa shape index (κ1) is 18.7. The SMILES string of the molecule is Cc1nn(C[C@@H](O)CO)c(=O)c2c(Nc3ccc(I)cc3F)cncc12. The van der Waals surface area contributed by atoms with E-state index in [4.69, 9.17) is 5.11 Å². The number of aliphatic hydroxyl groups is 2. The lowest BCUT2D eigenvalue weighted by atomic mass is 10.1. The molecule has 0 aliphatic carbocycles. The van der Waals surface area contributed by atoms with Crippen LogP contribution in [-0.4, -0.2) is 37.7 Å². The van der Waals surface area contributed by atoms with Gasteiger partial charge in [-0.3, -0.25) is 9.78 Å². The van der Waals surface area contributed by atoms with Crippen LogP contribution in [-0.2, 0) is 6.54 Å². The number of fused-ring (bicyclic) bond motifs is 1. The van der Waals surface area contributed by atoms with Gasteiger partial charge in [0.15, 0.2) is 0 Å². The van der Waals surface area contributed by atoms with E-state index in [-0.39, 0.29) is 17.6 Å². The molecule has 0 aliphatic rings. The first-order chi connectivity index (χ1) is 12.4. The van der Waals surface area contributed by atoms with Crippen molar-refractivity contribution in [2.24, 2.45) is 0 Å². The van der Waals surface area contributed by atoms with Gasteiger partial charge in [-0.1, -0.05) is 0 Å². The van der Waals surface area contributed by atoms with Crippen molar-refractivity contribution in [2.45, 2.75) is 19.6 Å². The number of anilines is 2. The van der Waals surface area contributed by atoms with Gasteiger partial charge in [-0.05, 0) is 47.7 Å². The molecule has 2 heterocycles. The molecule has 26 heavy (non-hydrogen) atoms. The lowest BCUT2D eigenvalue weighted by Gasteiger charge is -2.14. The van der Waals surface area contributed by atoms with E-state index in [9.17, 15) is 14.3 Å². The van der Waals surface area contributed by atoms with Crippen LogP contribution in [0.4, 0.5) is 15.8 Å². The van der Waals surface area contributed by atoms with Crippen LogP contribution in [0.2, 0.25) is 0 Å². The summed E-state index contributed by atoms with van der Waals surface area (Å²) in [5.74, 6) is -0.448. The predicted octanol–water partition coefficient (Wildman–Crippen LogP) is 1.94. The quantitative estimate of drug-likeness (QED) is 0.493. The van der Waals surface area contributed by atoms with Crippen LogP contribution < -0.4 is 10.9 Å². The summed E-state index contributed by atoms with van der Waals surface area (Å²) in [7, 11) is 0. The molecule has 0 unspecified atom stereocenters. The molecule has 0 bridgehead atoms. The normalized spacial score (nSPS) is 12.3. The van der Waals surface area contributed by atoms with Crippen molar-refractivity contribution in [3.05, 3.63) is 56.0 Å². The Kier molecular flexibility index (Phi) is 5.49. The van der Waals surface area contributed by atoms with E-state index >= 15 is 0 Å². The molecular formula is C17H16FIN4O3. The number of hydrogen-bond acceptors (Lipinski definition) is 6. The Morgan fingerprint density at radius 1 is 1.35 bits per heavy atom. The number of pyridine rings is 1. The molecule has 0 spiro atoms. The Hall–Kier alpha value is -2.11. The van der Waals surface area contributed by atoms with Gasteiger partial charge in [0.05, 0.1) is 47.9 Å². The molecule has 0 saturated carbocycles. The number of aliphatic hydroxyl groups excluding tert-OH is 2. The van der Waals surface area contributed by atoms with E-state index in [1.807, 2.05) is 22.6 Å². The predicted molar refractivity (Wildman–Crippen MR) is 104 cm³/mol. The van der Waals surface area contributed by atoms with Crippen molar-refractivity contribution < 1.29 is 14.6 Å². The van der Waals surface area contributed by atoms with E-state index in [0.29, 0.717) is 16.8 Å². The summed E-state index contributed by atoms with van der Waals surface area (Å²) in [6.07, 6.45) is 1.85. The fourth-order valence-electron chi connectivity index (χ4n) is 2.59. The molecule has 1 aromatic carbocycles. The third-order valence-electron chi connectivity index (χ3n) is 3.85. The van der Waals surface area contributed by atoms with Crippen LogP contribution >= 0.6 is 22.6 Å². The van der Waals surface area contributed by atoms with Gasteiger partial charge in [0.25, 0.3) is 5.56 Å². The molecule has 7 nitrogen and oxygen atoms in total. The molecule has 0 saturated heterocycles. The number of nitrogens with zero attached hydrogens (tertiary/aromatic N) is 3. The third kappa shape index (κ3) is 3.69. The van der Waals surface area contributed by atoms with Gasteiger partial charge in [-0.25, -0.2) is 9.07 Å². The van der Waals surface area contributed by atoms with Crippen LogP contribution in [0.3, 0.4) is 0 Å². The molecule has 0 fully saturated rings. The van der Waals surface area contributed by atoms with Crippen molar-refractivity contribution in [3.8, 4) is 0 Å². The van der Waals surface area contributed by atoms with Crippen LogP contribution in [0, 0.1) is 16.3 Å². The standard InChI is InChI=1S/C17H16FIN4O3/c1-9-12-5-20-6-15(21-14-3-2-10(19)4-13(14)18)16(12)17(26)23(22-9)7-11(25)8-24/h2-6,11,21,24-25H,7-8H2,1H3/t11-/m1/s1.